The van der Waals surface area contributed by atoms with E-state index in [1.54, 1.807) is 6.07 Å². The van der Waals surface area contributed by atoms with Crippen LogP contribution in [0.3, 0.4) is 0 Å². The van der Waals surface area contributed by atoms with Crippen molar-refractivity contribution in [1.82, 2.24) is 15.6 Å². The highest BCUT2D eigenvalue weighted by atomic mass is 16.5. The van der Waals surface area contributed by atoms with E-state index >= 15 is 0 Å². The van der Waals surface area contributed by atoms with Gasteiger partial charge in [0.25, 0.3) is 5.91 Å². The fourth-order valence-corrected chi connectivity index (χ4v) is 7.20. The number of alkyl carbamates (subject to hydrolysis) is 1. The molecule has 6 aromatic rings. The number of nitrogens with two attached hydrogens (primary N) is 1. The van der Waals surface area contributed by atoms with E-state index in [0.29, 0.717) is 30.1 Å². The highest BCUT2D eigenvalue weighted by Gasteiger charge is 2.29. The maximum Gasteiger partial charge on any atom is 0.407 e. The van der Waals surface area contributed by atoms with E-state index in [1.165, 1.54) is 27.8 Å². The molecular formula is C46H47N5O4. The number of carbonyl (C=O) groups is 2. The lowest BCUT2D eigenvalue weighted by Crippen LogP contribution is -2.27. The molecule has 0 bridgehead atoms. The van der Waals surface area contributed by atoms with Crippen LogP contribution in [0.2, 0.25) is 0 Å². The van der Waals surface area contributed by atoms with Gasteiger partial charge in [-0.2, -0.15) is 0 Å². The molecule has 5 aromatic carbocycles. The number of aromatic nitrogens is 1. The fourth-order valence-electron chi connectivity index (χ4n) is 7.20. The lowest BCUT2D eigenvalue weighted by Gasteiger charge is -2.14. The fraction of sp³-hybridized carbons (Fsp3) is 0.239. The number of nitrogen functional groups attached to an aromatic ring is 1. The van der Waals surface area contributed by atoms with Crippen molar-refractivity contribution in [2.75, 3.05) is 30.7 Å². The van der Waals surface area contributed by atoms with Crippen LogP contribution in [0.15, 0.2) is 121 Å². The number of hydrogen-bond donors (Lipinski definition) is 4. The van der Waals surface area contributed by atoms with Gasteiger partial charge in [0.1, 0.15) is 19.0 Å². The third kappa shape index (κ3) is 9.31. The number of unbranched alkanes of at least 4 members (excludes halogenated alkanes) is 3. The molecule has 0 unspecified atom stereocenters. The molecule has 9 nitrogen and oxygen atoms in total. The molecule has 0 spiro atoms. The Hall–Kier alpha value is -6.19. The first-order valence-electron chi connectivity index (χ1n) is 19.0. The zero-order chi connectivity index (χ0) is 38.0. The molecule has 7 rings (SSSR count). The Morgan fingerprint density at radius 1 is 0.764 bits per heavy atom. The Kier molecular flexibility index (Phi) is 12.0. The van der Waals surface area contributed by atoms with Gasteiger partial charge in [0.15, 0.2) is 0 Å². The first-order chi connectivity index (χ1) is 26.9. The van der Waals surface area contributed by atoms with Crippen molar-refractivity contribution in [1.29, 1.82) is 0 Å². The molecule has 1 heterocycles. The molecule has 1 aliphatic rings. The van der Waals surface area contributed by atoms with E-state index in [1.807, 2.05) is 73.7 Å². The number of fused-ring (bicyclic) bond motifs is 4. The smallest absolute Gasteiger partial charge is 0.407 e. The Morgan fingerprint density at radius 2 is 1.45 bits per heavy atom. The summed E-state index contributed by atoms with van der Waals surface area (Å²) in [5.74, 6) is 0.585. The molecule has 0 aliphatic heterocycles. The van der Waals surface area contributed by atoms with Crippen LogP contribution in [-0.4, -0.2) is 36.7 Å². The summed E-state index contributed by atoms with van der Waals surface area (Å²) >= 11 is 0. The summed E-state index contributed by atoms with van der Waals surface area (Å²) in [5, 5.41) is 10.2. The van der Waals surface area contributed by atoms with Crippen molar-refractivity contribution in [3.8, 4) is 16.9 Å². The number of ether oxygens (including phenoxy) is 2. The van der Waals surface area contributed by atoms with Crippen molar-refractivity contribution in [3.05, 3.63) is 155 Å². The van der Waals surface area contributed by atoms with E-state index in [4.69, 9.17) is 15.2 Å². The predicted octanol–water partition coefficient (Wildman–Crippen LogP) is 9.15. The lowest BCUT2D eigenvalue weighted by molar-refractivity contribution is 0.102. The molecule has 0 saturated heterocycles. The minimum Gasteiger partial charge on any atom is -0.489 e. The molecule has 55 heavy (non-hydrogen) atoms. The average Bonchev–Trinajstić information content (AvgIpc) is 3.52. The summed E-state index contributed by atoms with van der Waals surface area (Å²) in [6.45, 7) is 4.79. The molecule has 2 amide bonds. The second-order valence-electron chi connectivity index (χ2n) is 14.0. The van der Waals surface area contributed by atoms with Crippen molar-refractivity contribution in [2.45, 2.75) is 51.7 Å². The van der Waals surface area contributed by atoms with Crippen LogP contribution in [0, 0.1) is 6.92 Å². The zero-order valence-electron chi connectivity index (χ0n) is 31.1. The number of aryl methyl sites for hydroxylation is 1. The summed E-state index contributed by atoms with van der Waals surface area (Å²) < 4.78 is 11.7. The van der Waals surface area contributed by atoms with Gasteiger partial charge in [0.2, 0.25) is 0 Å². The molecule has 0 fully saturated rings. The first-order valence-corrected chi connectivity index (χ1v) is 19.0. The molecular weight excluding hydrogens is 687 g/mol. The van der Waals surface area contributed by atoms with Gasteiger partial charge < -0.3 is 31.2 Å². The van der Waals surface area contributed by atoms with Gasteiger partial charge >= 0.3 is 6.09 Å². The summed E-state index contributed by atoms with van der Waals surface area (Å²) in [7, 11) is 0. The van der Waals surface area contributed by atoms with Crippen molar-refractivity contribution in [3.63, 3.8) is 0 Å². The summed E-state index contributed by atoms with van der Waals surface area (Å²) in [5.41, 5.74) is 16.5. The number of anilines is 2. The zero-order valence-corrected chi connectivity index (χ0v) is 31.1. The van der Waals surface area contributed by atoms with Gasteiger partial charge in [-0.15, -0.1) is 0 Å². The van der Waals surface area contributed by atoms with Crippen LogP contribution in [-0.2, 0) is 17.9 Å². The number of hydrogen-bond acceptors (Lipinski definition) is 7. The maximum absolute atomic E-state index is 13.3. The second kappa shape index (κ2) is 17.8. The Labute approximate surface area is 322 Å². The third-order valence-corrected chi connectivity index (χ3v) is 10.0. The summed E-state index contributed by atoms with van der Waals surface area (Å²) in [6.07, 6.45) is 3.74. The number of amides is 2. The molecule has 0 saturated carbocycles. The Morgan fingerprint density at radius 3 is 2.22 bits per heavy atom. The first kappa shape index (κ1) is 37.1. The van der Waals surface area contributed by atoms with E-state index in [0.717, 1.165) is 66.7 Å². The number of pyridine rings is 1. The summed E-state index contributed by atoms with van der Waals surface area (Å²) in [6, 6.07) is 39.5. The standard InChI is InChI=1S/C46H47N5O4/c1-31-26-43(47)41-27-34(20-23-44(41)50-31)51-45(52)36-13-5-4-12-33(36)29-54-35-21-18-32(19-22-35)28-48-24-10-2-3-11-25-49-46(53)55-30-42-39-16-8-6-14-37(39)38-15-7-9-17-40(38)42/h4-9,12-23,26-27,42,48H,2-3,10-11,24-25,28-30H2,1H3,(H2,47,50)(H,49,53)(H,51,52). The van der Waals surface area contributed by atoms with Crippen LogP contribution in [0.4, 0.5) is 16.2 Å². The minimum atomic E-state index is -0.357. The quantitative estimate of drug-likeness (QED) is 0.0731. The number of rotatable bonds is 16. The molecule has 0 atom stereocenters. The average molecular weight is 734 g/mol. The molecule has 1 aromatic heterocycles. The number of nitrogens with one attached hydrogen (secondary N) is 3. The van der Waals surface area contributed by atoms with Gasteiger partial charge in [-0.1, -0.05) is 91.7 Å². The number of carbonyl (C=O) groups excluding carboxylic acids is 2. The SMILES string of the molecule is Cc1cc(N)c2cc(NC(=O)c3ccccc3COc3ccc(CNCCCCCCNC(=O)OCC4c5ccccc5-c5ccccc54)cc3)ccc2n1. The number of benzene rings is 5. The Balaban J connectivity index is 0.765. The molecule has 1 aliphatic carbocycles. The summed E-state index contributed by atoms with van der Waals surface area (Å²) in [4.78, 5) is 30.2. The van der Waals surface area contributed by atoms with Gasteiger partial charge in [0.05, 0.1) is 5.52 Å². The van der Waals surface area contributed by atoms with Crippen LogP contribution in [0.5, 0.6) is 5.75 Å². The third-order valence-electron chi connectivity index (χ3n) is 10.0. The predicted molar refractivity (Wildman–Crippen MR) is 219 cm³/mol. The van der Waals surface area contributed by atoms with Crippen LogP contribution >= 0.6 is 0 Å². The Bertz CT molecular complexity index is 2230. The maximum atomic E-state index is 13.3. The second-order valence-corrected chi connectivity index (χ2v) is 14.0. The van der Waals surface area contributed by atoms with E-state index in [-0.39, 0.29) is 24.5 Å². The van der Waals surface area contributed by atoms with Crippen molar-refractivity contribution in [2.24, 2.45) is 0 Å². The minimum absolute atomic E-state index is 0.0686. The molecule has 5 N–H and O–H groups in total. The topological polar surface area (TPSA) is 128 Å². The van der Waals surface area contributed by atoms with E-state index in [2.05, 4.69) is 69.5 Å². The van der Waals surface area contributed by atoms with E-state index in [9.17, 15) is 9.59 Å². The van der Waals surface area contributed by atoms with Gasteiger partial charge in [0, 0.05) is 52.6 Å². The molecule has 280 valence electrons. The monoisotopic (exact) mass is 733 g/mol. The normalized spacial score (nSPS) is 11.9. The van der Waals surface area contributed by atoms with Gasteiger partial charge in [-0.25, -0.2) is 4.79 Å². The molecule has 0 radical (unpaired) electrons. The van der Waals surface area contributed by atoms with Crippen LogP contribution in [0.25, 0.3) is 22.0 Å². The van der Waals surface area contributed by atoms with Crippen LogP contribution < -0.4 is 26.4 Å². The van der Waals surface area contributed by atoms with Crippen molar-refractivity contribution >= 4 is 34.3 Å². The molecule has 9 heteroatoms. The van der Waals surface area contributed by atoms with Crippen molar-refractivity contribution < 1.29 is 19.1 Å². The van der Waals surface area contributed by atoms with Gasteiger partial charge in [-0.05, 0) is 96.6 Å². The highest BCUT2D eigenvalue weighted by Crippen LogP contribution is 2.44. The van der Waals surface area contributed by atoms with Gasteiger partial charge in [-0.3, -0.25) is 9.78 Å². The largest absolute Gasteiger partial charge is 0.489 e. The number of nitrogens with zero attached hydrogens (tertiary/aromatic N) is 1. The van der Waals surface area contributed by atoms with E-state index < -0.39 is 0 Å². The lowest BCUT2D eigenvalue weighted by atomic mass is 9.98. The van der Waals surface area contributed by atoms with Crippen LogP contribution in [0.1, 0.15) is 69.9 Å². The highest BCUT2D eigenvalue weighted by molar-refractivity contribution is 6.06.